The third-order valence-electron chi connectivity index (χ3n) is 2.43. The first-order valence-electron chi connectivity index (χ1n) is 5.06. The Morgan fingerprint density at radius 2 is 1.83 bits per heavy atom. The Balaban J connectivity index is 2.67. The van der Waals surface area contributed by atoms with E-state index in [0.717, 1.165) is 12.1 Å². The van der Waals surface area contributed by atoms with Gasteiger partial charge in [0, 0.05) is 6.07 Å². The first kappa shape index (κ1) is 12.7. The first-order valence-corrected chi connectivity index (χ1v) is 6.54. The Bertz CT molecular complexity index is 595. The van der Waals surface area contributed by atoms with Gasteiger partial charge in [0.05, 0.1) is 5.56 Å². The molecule has 8 heteroatoms. The minimum atomic E-state index is -3.87. The van der Waals surface area contributed by atoms with Gasteiger partial charge in [-0.2, -0.15) is 0 Å². The van der Waals surface area contributed by atoms with E-state index in [2.05, 4.69) is 4.72 Å². The molecule has 0 saturated heterocycles. The summed E-state index contributed by atoms with van der Waals surface area (Å²) in [6.45, 7) is 0.586. The summed E-state index contributed by atoms with van der Waals surface area (Å²) in [5.74, 6) is -0.894. The largest absolute Gasteiger partial charge is 0.486 e. The number of fused-ring (bicyclic) bond motifs is 1. The third-order valence-corrected chi connectivity index (χ3v) is 3.89. The monoisotopic (exact) mass is 273 g/mol. The van der Waals surface area contributed by atoms with Crippen molar-refractivity contribution in [2.24, 2.45) is 0 Å². The van der Waals surface area contributed by atoms with Crippen molar-refractivity contribution in [3.8, 4) is 11.5 Å². The molecule has 2 N–H and O–H groups in total. The lowest BCUT2D eigenvalue weighted by Crippen LogP contribution is -2.23. The minimum Gasteiger partial charge on any atom is -0.486 e. The summed E-state index contributed by atoms with van der Waals surface area (Å²) in [6.07, 6.45) is 0. The number of sulfonamides is 1. The topological polar surface area (TPSA) is 102 Å². The maximum atomic E-state index is 11.7. The molecule has 0 spiro atoms. The molecule has 1 aliphatic heterocycles. The van der Waals surface area contributed by atoms with Crippen LogP contribution in [0.5, 0.6) is 11.5 Å². The van der Waals surface area contributed by atoms with Gasteiger partial charge in [0.15, 0.2) is 11.5 Å². The van der Waals surface area contributed by atoms with Crippen molar-refractivity contribution in [3.05, 3.63) is 17.7 Å². The molecule has 0 amide bonds. The van der Waals surface area contributed by atoms with E-state index < -0.39 is 16.0 Å². The zero-order chi connectivity index (χ0) is 13.3. The van der Waals surface area contributed by atoms with E-state index in [1.54, 1.807) is 0 Å². The van der Waals surface area contributed by atoms with Crippen molar-refractivity contribution in [1.29, 1.82) is 0 Å². The van der Waals surface area contributed by atoms with Crippen LogP contribution in [0.1, 0.15) is 10.4 Å². The number of benzene rings is 1. The first-order chi connectivity index (χ1) is 8.45. The van der Waals surface area contributed by atoms with Gasteiger partial charge in [0.2, 0.25) is 10.0 Å². The second-order valence-corrected chi connectivity index (χ2v) is 5.36. The van der Waals surface area contributed by atoms with Crippen LogP contribution in [-0.4, -0.2) is 39.8 Å². The van der Waals surface area contributed by atoms with Crippen molar-refractivity contribution in [1.82, 2.24) is 4.72 Å². The predicted octanol–water partition coefficient (Wildman–Crippen LogP) is 0.0641. The number of ether oxygens (including phenoxy) is 2. The Hall–Kier alpha value is -1.80. The summed E-state index contributed by atoms with van der Waals surface area (Å²) >= 11 is 0. The zero-order valence-corrected chi connectivity index (χ0v) is 10.3. The molecule has 0 bridgehead atoms. The van der Waals surface area contributed by atoms with Crippen molar-refractivity contribution in [2.45, 2.75) is 4.90 Å². The smallest absolute Gasteiger partial charge is 0.337 e. The molecule has 2 rings (SSSR count). The van der Waals surface area contributed by atoms with Gasteiger partial charge in [-0.05, 0) is 13.1 Å². The molecule has 0 unspecified atom stereocenters. The summed E-state index contributed by atoms with van der Waals surface area (Å²) in [4.78, 5) is 10.7. The molecule has 1 aromatic carbocycles. The van der Waals surface area contributed by atoms with E-state index in [4.69, 9.17) is 14.6 Å². The molecule has 7 nitrogen and oxygen atoms in total. The highest BCUT2D eigenvalue weighted by atomic mass is 32.2. The molecule has 0 aliphatic carbocycles. The number of rotatable bonds is 3. The number of aromatic carboxylic acids is 1. The molecule has 98 valence electrons. The molecule has 0 radical (unpaired) electrons. The van der Waals surface area contributed by atoms with Gasteiger partial charge in [-0.3, -0.25) is 0 Å². The van der Waals surface area contributed by atoms with E-state index in [9.17, 15) is 13.2 Å². The number of carbonyl (C=O) groups is 1. The predicted molar refractivity (Wildman–Crippen MR) is 60.6 cm³/mol. The van der Waals surface area contributed by atoms with Crippen LogP contribution in [0.3, 0.4) is 0 Å². The number of hydrogen-bond acceptors (Lipinski definition) is 5. The van der Waals surface area contributed by atoms with E-state index in [1.807, 2.05) is 0 Å². The fourth-order valence-electron chi connectivity index (χ4n) is 1.57. The average molecular weight is 273 g/mol. The Labute approximate surface area is 103 Å². The van der Waals surface area contributed by atoms with Crippen LogP contribution in [0.4, 0.5) is 0 Å². The van der Waals surface area contributed by atoms with Crippen molar-refractivity contribution in [2.75, 3.05) is 20.3 Å². The maximum Gasteiger partial charge on any atom is 0.337 e. The van der Waals surface area contributed by atoms with Crippen LogP contribution in [0, 0.1) is 0 Å². The molecule has 1 aromatic rings. The Morgan fingerprint density at radius 1 is 1.28 bits per heavy atom. The van der Waals surface area contributed by atoms with Crippen LogP contribution >= 0.6 is 0 Å². The standard InChI is InChI=1S/C10H11NO6S/c1-11-18(14,15)9-5-8-7(16-2-3-17-8)4-6(9)10(12)13/h4-5,11H,2-3H2,1H3,(H,12,13). The van der Waals surface area contributed by atoms with Crippen LogP contribution in [0.2, 0.25) is 0 Å². The van der Waals surface area contributed by atoms with E-state index in [0.29, 0.717) is 13.2 Å². The summed E-state index contributed by atoms with van der Waals surface area (Å²) in [6, 6.07) is 2.31. The maximum absolute atomic E-state index is 11.7. The summed E-state index contributed by atoms with van der Waals surface area (Å²) in [7, 11) is -2.67. The van der Waals surface area contributed by atoms with Gasteiger partial charge in [-0.1, -0.05) is 0 Å². The molecule has 1 aliphatic rings. The molecule has 18 heavy (non-hydrogen) atoms. The van der Waals surface area contributed by atoms with E-state index >= 15 is 0 Å². The molecular formula is C10H11NO6S. The lowest BCUT2D eigenvalue weighted by atomic mass is 10.2. The lowest BCUT2D eigenvalue weighted by Gasteiger charge is -2.20. The van der Waals surface area contributed by atoms with Crippen molar-refractivity contribution >= 4 is 16.0 Å². The van der Waals surface area contributed by atoms with Crippen molar-refractivity contribution in [3.63, 3.8) is 0 Å². The fourth-order valence-corrected chi connectivity index (χ4v) is 2.49. The van der Waals surface area contributed by atoms with Crippen molar-refractivity contribution < 1.29 is 27.8 Å². The average Bonchev–Trinajstić information content (AvgIpc) is 2.37. The highest BCUT2D eigenvalue weighted by Gasteiger charge is 2.26. The minimum absolute atomic E-state index is 0.222. The highest BCUT2D eigenvalue weighted by molar-refractivity contribution is 7.89. The van der Waals surface area contributed by atoms with Gasteiger partial charge in [0.1, 0.15) is 18.1 Å². The van der Waals surface area contributed by atoms with Crippen LogP contribution < -0.4 is 14.2 Å². The highest BCUT2D eigenvalue weighted by Crippen LogP contribution is 2.34. The fraction of sp³-hybridized carbons (Fsp3) is 0.300. The van der Waals surface area contributed by atoms with Crippen LogP contribution in [0.15, 0.2) is 17.0 Å². The molecule has 0 saturated carbocycles. The Kier molecular flexibility index (Phi) is 3.14. The quantitative estimate of drug-likeness (QED) is 0.807. The molecule has 1 heterocycles. The summed E-state index contributed by atoms with van der Waals surface area (Å²) < 4.78 is 36.0. The van der Waals surface area contributed by atoms with E-state index in [-0.39, 0.29) is 22.0 Å². The van der Waals surface area contributed by atoms with Gasteiger partial charge < -0.3 is 14.6 Å². The summed E-state index contributed by atoms with van der Waals surface area (Å²) in [5, 5.41) is 9.04. The SMILES string of the molecule is CNS(=O)(=O)c1cc2c(cc1C(=O)O)OCCO2. The second-order valence-electron chi connectivity index (χ2n) is 3.50. The summed E-state index contributed by atoms with van der Waals surface area (Å²) in [5.41, 5.74) is -0.353. The molecular weight excluding hydrogens is 262 g/mol. The van der Waals surface area contributed by atoms with Gasteiger partial charge >= 0.3 is 5.97 Å². The molecule has 0 atom stereocenters. The van der Waals surface area contributed by atoms with Gasteiger partial charge in [0.25, 0.3) is 0 Å². The number of hydrogen-bond donors (Lipinski definition) is 2. The zero-order valence-electron chi connectivity index (χ0n) is 9.47. The lowest BCUT2D eigenvalue weighted by molar-refractivity contribution is 0.0691. The molecule has 0 aromatic heterocycles. The number of carboxylic acids is 1. The normalized spacial score (nSPS) is 14.3. The third kappa shape index (κ3) is 2.12. The molecule has 0 fully saturated rings. The number of nitrogens with one attached hydrogen (secondary N) is 1. The second kappa shape index (κ2) is 4.46. The number of carboxylic acid groups (broad SMARTS) is 1. The van der Waals surface area contributed by atoms with Gasteiger partial charge in [-0.25, -0.2) is 17.9 Å². The van der Waals surface area contributed by atoms with Gasteiger partial charge in [-0.15, -0.1) is 0 Å². The van der Waals surface area contributed by atoms with Crippen LogP contribution in [-0.2, 0) is 10.0 Å². The van der Waals surface area contributed by atoms with Crippen LogP contribution in [0.25, 0.3) is 0 Å². The van der Waals surface area contributed by atoms with E-state index in [1.165, 1.54) is 7.05 Å². The Morgan fingerprint density at radius 3 is 2.33 bits per heavy atom.